The number of carbonyl (C=O) groups is 2. The third-order valence-corrected chi connectivity index (χ3v) is 4.17. The Morgan fingerprint density at radius 1 is 1.16 bits per heavy atom. The molecule has 6 heteroatoms. The molecular formula is C19H16N2O4. The zero-order chi connectivity index (χ0) is 18.0. The summed E-state index contributed by atoms with van der Waals surface area (Å²) < 4.78 is 0. The first-order chi connectivity index (χ1) is 12.0. The van der Waals surface area contributed by atoms with Crippen molar-refractivity contribution in [2.24, 2.45) is 0 Å². The van der Waals surface area contributed by atoms with Gasteiger partial charge >= 0.3 is 0 Å². The minimum atomic E-state index is -0.463. The molecule has 1 aliphatic heterocycles. The molecule has 25 heavy (non-hydrogen) atoms. The smallest absolute Gasteiger partial charge is 0.269 e. The number of hydrogen-bond acceptors (Lipinski definition) is 4. The number of carbonyl (C=O) groups excluding carboxylic acids is 2. The Labute approximate surface area is 144 Å². The van der Waals surface area contributed by atoms with E-state index in [1.165, 1.54) is 25.1 Å². The maximum Gasteiger partial charge on any atom is 0.269 e. The Morgan fingerprint density at radius 2 is 1.88 bits per heavy atom. The van der Waals surface area contributed by atoms with Crippen LogP contribution in [-0.4, -0.2) is 23.2 Å². The summed E-state index contributed by atoms with van der Waals surface area (Å²) in [5.41, 5.74) is 3.19. The maximum absolute atomic E-state index is 12.4. The standard InChI is InChI=1S/C19H16N2O4/c1-13(22)15-5-8-18-16(12-15)10-11-20(18)19(23)9-4-14-2-6-17(7-3-14)21(24)25/h2-9,12H,10-11H2,1H3/b9-4+. The van der Waals surface area contributed by atoms with E-state index < -0.39 is 4.92 Å². The molecule has 0 bridgehead atoms. The van der Waals surface area contributed by atoms with Crippen molar-refractivity contribution in [3.05, 3.63) is 75.3 Å². The lowest BCUT2D eigenvalue weighted by Crippen LogP contribution is -2.26. The number of rotatable bonds is 4. The zero-order valence-electron chi connectivity index (χ0n) is 13.6. The van der Waals surface area contributed by atoms with Gasteiger partial charge in [-0.05, 0) is 60.9 Å². The number of anilines is 1. The Hall–Kier alpha value is -3.28. The normalized spacial score (nSPS) is 13.1. The van der Waals surface area contributed by atoms with E-state index in [0.29, 0.717) is 24.1 Å². The molecule has 0 saturated carbocycles. The van der Waals surface area contributed by atoms with Gasteiger partial charge in [-0.2, -0.15) is 0 Å². The largest absolute Gasteiger partial charge is 0.308 e. The maximum atomic E-state index is 12.4. The lowest BCUT2D eigenvalue weighted by Gasteiger charge is -2.15. The molecule has 0 radical (unpaired) electrons. The number of hydrogen-bond donors (Lipinski definition) is 0. The molecule has 2 aromatic rings. The molecule has 1 heterocycles. The predicted molar refractivity (Wildman–Crippen MR) is 94.6 cm³/mol. The molecule has 2 aromatic carbocycles. The van der Waals surface area contributed by atoms with Crippen LogP contribution in [-0.2, 0) is 11.2 Å². The monoisotopic (exact) mass is 336 g/mol. The van der Waals surface area contributed by atoms with E-state index in [9.17, 15) is 19.7 Å². The summed E-state index contributed by atoms with van der Waals surface area (Å²) in [4.78, 5) is 35.7. The molecule has 0 fully saturated rings. The van der Waals surface area contributed by atoms with Crippen LogP contribution in [0.2, 0.25) is 0 Å². The number of amides is 1. The molecule has 0 unspecified atom stereocenters. The SMILES string of the molecule is CC(=O)c1ccc2c(c1)CCN2C(=O)/C=C/c1ccc([N+](=O)[O-])cc1. The lowest BCUT2D eigenvalue weighted by atomic mass is 10.1. The molecule has 6 nitrogen and oxygen atoms in total. The number of non-ortho nitro benzene ring substituents is 1. The van der Waals surface area contributed by atoms with Gasteiger partial charge in [0, 0.05) is 36.0 Å². The second-order valence-electron chi connectivity index (χ2n) is 5.82. The van der Waals surface area contributed by atoms with Gasteiger partial charge in [-0.25, -0.2) is 0 Å². The van der Waals surface area contributed by atoms with Crippen LogP contribution in [0.1, 0.15) is 28.4 Å². The topological polar surface area (TPSA) is 80.5 Å². The highest BCUT2D eigenvalue weighted by atomic mass is 16.6. The molecule has 0 saturated heterocycles. The van der Waals surface area contributed by atoms with Crippen LogP contribution >= 0.6 is 0 Å². The molecule has 0 N–H and O–H groups in total. The van der Waals surface area contributed by atoms with Crippen molar-refractivity contribution in [1.29, 1.82) is 0 Å². The van der Waals surface area contributed by atoms with Crippen molar-refractivity contribution in [2.75, 3.05) is 11.4 Å². The van der Waals surface area contributed by atoms with Crippen LogP contribution in [0.15, 0.2) is 48.5 Å². The minimum Gasteiger partial charge on any atom is -0.308 e. The number of nitrogens with zero attached hydrogens (tertiary/aromatic N) is 2. The van der Waals surface area contributed by atoms with Gasteiger partial charge in [-0.15, -0.1) is 0 Å². The van der Waals surface area contributed by atoms with E-state index in [1.807, 2.05) is 6.07 Å². The first-order valence-electron chi connectivity index (χ1n) is 7.83. The third kappa shape index (κ3) is 3.47. The lowest BCUT2D eigenvalue weighted by molar-refractivity contribution is -0.384. The summed E-state index contributed by atoms with van der Waals surface area (Å²) in [5.74, 6) is -0.154. The van der Waals surface area contributed by atoms with Gasteiger partial charge in [0.25, 0.3) is 11.6 Å². The summed E-state index contributed by atoms with van der Waals surface area (Å²) in [7, 11) is 0. The number of ketones is 1. The first-order valence-corrected chi connectivity index (χ1v) is 7.83. The van der Waals surface area contributed by atoms with Crippen molar-refractivity contribution in [3.63, 3.8) is 0 Å². The van der Waals surface area contributed by atoms with Crippen molar-refractivity contribution in [2.45, 2.75) is 13.3 Å². The molecule has 0 aromatic heterocycles. The Kier molecular flexibility index (Phi) is 4.43. The van der Waals surface area contributed by atoms with Crippen molar-refractivity contribution in [1.82, 2.24) is 0 Å². The Balaban J connectivity index is 1.75. The summed E-state index contributed by atoms with van der Waals surface area (Å²) in [5, 5.41) is 10.6. The molecule has 126 valence electrons. The van der Waals surface area contributed by atoms with Gasteiger partial charge in [0.15, 0.2) is 5.78 Å². The highest BCUT2D eigenvalue weighted by molar-refractivity contribution is 6.05. The van der Waals surface area contributed by atoms with Crippen molar-refractivity contribution < 1.29 is 14.5 Å². The second-order valence-corrected chi connectivity index (χ2v) is 5.82. The first kappa shape index (κ1) is 16.6. The highest BCUT2D eigenvalue weighted by Gasteiger charge is 2.23. The summed E-state index contributed by atoms with van der Waals surface area (Å²) in [6, 6.07) is 11.4. The van der Waals surface area contributed by atoms with Gasteiger partial charge in [0.05, 0.1) is 4.92 Å². The molecule has 1 amide bonds. The summed E-state index contributed by atoms with van der Waals surface area (Å²) in [6.45, 7) is 2.09. The van der Waals surface area contributed by atoms with Gasteiger partial charge in [0.1, 0.15) is 0 Å². The number of Topliss-reactive ketones (excluding diaryl/α,β-unsaturated/α-hetero) is 1. The zero-order valence-corrected chi connectivity index (χ0v) is 13.6. The number of nitro groups is 1. The van der Waals surface area contributed by atoms with Gasteiger partial charge in [-0.3, -0.25) is 19.7 Å². The fourth-order valence-electron chi connectivity index (χ4n) is 2.81. The fraction of sp³-hybridized carbons (Fsp3) is 0.158. The van der Waals surface area contributed by atoms with E-state index in [4.69, 9.17) is 0 Å². The average Bonchev–Trinajstić information content (AvgIpc) is 3.03. The van der Waals surface area contributed by atoms with E-state index in [2.05, 4.69) is 0 Å². The highest BCUT2D eigenvalue weighted by Crippen LogP contribution is 2.29. The molecule has 0 aliphatic carbocycles. The quantitative estimate of drug-likeness (QED) is 0.371. The van der Waals surface area contributed by atoms with E-state index in [0.717, 1.165) is 11.3 Å². The van der Waals surface area contributed by atoms with E-state index in [1.54, 1.807) is 35.2 Å². The van der Waals surface area contributed by atoms with Crippen LogP contribution in [0.3, 0.4) is 0 Å². The van der Waals surface area contributed by atoms with Crippen LogP contribution in [0.25, 0.3) is 6.08 Å². The third-order valence-electron chi connectivity index (χ3n) is 4.17. The Morgan fingerprint density at radius 3 is 2.52 bits per heavy atom. The molecule has 1 aliphatic rings. The van der Waals surface area contributed by atoms with Gasteiger partial charge in [0.2, 0.25) is 0 Å². The molecule has 0 atom stereocenters. The molecular weight excluding hydrogens is 320 g/mol. The number of benzene rings is 2. The van der Waals surface area contributed by atoms with Crippen molar-refractivity contribution in [3.8, 4) is 0 Å². The molecule has 3 rings (SSSR count). The van der Waals surface area contributed by atoms with Crippen LogP contribution < -0.4 is 4.90 Å². The van der Waals surface area contributed by atoms with E-state index >= 15 is 0 Å². The Bertz CT molecular complexity index is 885. The average molecular weight is 336 g/mol. The van der Waals surface area contributed by atoms with Crippen LogP contribution in [0.5, 0.6) is 0 Å². The minimum absolute atomic E-state index is 0.00523. The predicted octanol–water partition coefficient (Wildman–Crippen LogP) is 3.40. The van der Waals surface area contributed by atoms with Crippen LogP contribution in [0.4, 0.5) is 11.4 Å². The van der Waals surface area contributed by atoms with Crippen molar-refractivity contribution >= 4 is 29.1 Å². The summed E-state index contributed by atoms with van der Waals surface area (Å²) >= 11 is 0. The second kappa shape index (κ2) is 6.68. The summed E-state index contributed by atoms with van der Waals surface area (Å²) in [6.07, 6.45) is 3.80. The fourth-order valence-corrected chi connectivity index (χ4v) is 2.81. The van der Waals surface area contributed by atoms with Gasteiger partial charge < -0.3 is 4.90 Å². The number of nitro benzene ring substituents is 1. The van der Waals surface area contributed by atoms with Gasteiger partial charge in [-0.1, -0.05) is 0 Å². The van der Waals surface area contributed by atoms with E-state index in [-0.39, 0.29) is 17.4 Å². The van der Waals surface area contributed by atoms with Crippen LogP contribution in [0, 0.1) is 10.1 Å². The number of fused-ring (bicyclic) bond motifs is 1. The molecule has 0 spiro atoms.